The van der Waals surface area contributed by atoms with E-state index in [1.165, 1.54) is 0 Å². The quantitative estimate of drug-likeness (QED) is 0.937. The monoisotopic (exact) mass is 309 g/mol. The first kappa shape index (κ1) is 15.3. The molecule has 0 saturated carbocycles. The number of aryl methyl sites for hydroxylation is 1. The number of fused-ring (bicyclic) bond motifs is 1. The minimum absolute atomic E-state index is 0.0923. The third-order valence-electron chi connectivity index (χ3n) is 4.10. The van der Waals surface area contributed by atoms with Crippen LogP contribution >= 0.6 is 0 Å². The highest BCUT2D eigenvalue weighted by Gasteiger charge is 2.31. The van der Waals surface area contributed by atoms with Crippen LogP contribution in [0.1, 0.15) is 40.7 Å². The summed E-state index contributed by atoms with van der Waals surface area (Å²) >= 11 is 0. The Morgan fingerprint density at radius 3 is 2.70 bits per heavy atom. The summed E-state index contributed by atoms with van der Waals surface area (Å²) in [6, 6.07) is 12.9. The molecule has 0 aliphatic heterocycles. The van der Waals surface area contributed by atoms with E-state index in [1.54, 1.807) is 6.07 Å². The maximum Gasteiger partial charge on any atom is 0.262 e. The second-order valence-electron chi connectivity index (χ2n) is 5.90. The number of hydrogen-bond donors (Lipinski definition) is 1. The molecule has 2 aromatic carbocycles. The van der Waals surface area contributed by atoms with Gasteiger partial charge in [0.15, 0.2) is 12.4 Å². The number of anilines is 1. The minimum atomic E-state index is -0.246. The molecule has 1 amide bonds. The number of nitrogens with one attached hydrogen (secondary N) is 1. The maximum absolute atomic E-state index is 12.2. The molecule has 0 spiro atoms. The van der Waals surface area contributed by atoms with Gasteiger partial charge >= 0.3 is 0 Å². The molecule has 4 heteroatoms. The van der Waals surface area contributed by atoms with E-state index >= 15 is 0 Å². The Morgan fingerprint density at radius 1 is 1.22 bits per heavy atom. The number of para-hydroxylation sites is 1. The number of carbonyl (C=O) groups is 2. The van der Waals surface area contributed by atoms with Gasteiger partial charge in [0, 0.05) is 12.1 Å². The molecular weight excluding hydrogens is 290 g/mol. The van der Waals surface area contributed by atoms with Gasteiger partial charge in [-0.3, -0.25) is 9.59 Å². The van der Waals surface area contributed by atoms with Gasteiger partial charge in [0.05, 0.1) is 5.56 Å². The highest BCUT2D eigenvalue weighted by molar-refractivity contribution is 6.04. The number of rotatable bonds is 4. The molecule has 0 heterocycles. The first-order valence-electron chi connectivity index (χ1n) is 7.70. The van der Waals surface area contributed by atoms with Crippen LogP contribution < -0.4 is 10.1 Å². The normalized spacial score (nSPS) is 16.1. The van der Waals surface area contributed by atoms with Gasteiger partial charge in [0.1, 0.15) is 5.75 Å². The molecular formula is C19H19NO3. The Morgan fingerprint density at radius 2 is 1.96 bits per heavy atom. The molecule has 2 aromatic rings. The summed E-state index contributed by atoms with van der Waals surface area (Å²) in [5.74, 6) is 0.557. The Labute approximate surface area is 135 Å². The van der Waals surface area contributed by atoms with E-state index in [9.17, 15) is 9.59 Å². The molecule has 1 atom stereocenters. The SMILES string of the molecule is Cc1ccc(OCC(=O)Nc2ccccc2)c2c1[C@H](C)CC2=O. The summed E-state index contributed by atoms with van der Waals surface area (Å²) in [6.07, 6.45) is 0.507. The highest BCUT2D eigenvalue weighted by Crippen LogP contribution is 2.40. The second-order valence-corrected chi connectivity index (χ2v) is 5.90. The van der Waals surface area contributed by atoms with E-state index in [-0.39, 0.29) is 24.2 Å². The van der Waals surface area contributed by atoms with Crippen molar-refractivity contribution >= 4 is 17.4 Å². The van der Waals surface area contributed by atoms with Crippen molar-refractivity contribution in [2.45, 2.75) is 26.2 Å². The van der Waals surface area contributed by atoms with Crippen LogP contribution in [0, 0.1) is 6.92 Å². The average molecular weight is 309 g/mol. The summed E-state index contributed by atoms with van der Waals surface area (Å²) < 4.78 is 5.62. The fourth-order valence-corrected chi connectivity index (χ4v) is 3.09. The summed E-state index contributed by atoms with van der Waals surface area (Å²) in [5.41, 5.74) is 3.51. The van der Waals surface area contributed by atoms with Crippen molar-refractivity contribution < 1.29 is 14.3 Å². The van der Waals surface area contributed by atoms with Gasteiger partial charge in [-0.25, -0.2) is 0 Å². The number of ether oxygens (including phenoxy) is 1. The molecule has 3 rings (SSSR count). The molecule has 4 nitrogen and oxygen atoms in total. The van der Waals surface area contributed by atoms with E-state index in [0.29, 0.717) is 17.7 Å². The number of ketones is 1. The third-order valence-corrected chi connectivity index (χ3v) is 4.10. The summed E-state index contributed by atoms with van der Waals surface area (Å²) in [6.45, 7) is 3.93. The molecule has 118 valence electrons. The largest absolute Gasteiger partial charge is 0.483 e. The van der Waals surface area contributed by atoms with Crippen LogP contribution in [0.2, 0.25) is 0 Å². The summed E-state index contributed by atoms with van der Waals surface area (Å²) in [4.78, 5) is 24.2. The minimum Gasteiger partial charge on any atom is -0.483 e. The second kappa shape index (κ2) is 6.24. The van der Waals surface area contributed by atoms with Crippen LogP contribution in [-0.2, 0) is 4.79 Å². The Hall–Kier alpha value is -2.62. The predicted octanol–water partition coefficient (Wildman–Crippen LogP) is 3.70. The molecule has 0 saturated heterocycles. The number of carbonyl (C=O) groups excluding carboxylic acids is 2. The highest BCUT2D eigenvalue weighted by atomic mass is 16.5. The molecule has 1 aliphatic rings. The Balaban J connectivity index is 1.72. The average Bonchev–Trinajstić information content (AvgIpc) is 2.84. The van der Waals surface area contributed by atoms with Crippen LogP contribution in [0.15, 0.2) is 42.5 Å². The van der Waals surface area contributed by atoms with Gasteiger partial charge < -0.3 is 10.1 Å². The summed E-state index contributed by atoms with van der Waals surface area (Å²) in [7, 11) is 0. The fraction of sp³-hybridized carbons (Fsp3) is 0.263. The van der Waals surface area contributed by atoms with E-state index in [2.05, 4.69) is 5.32 Å². The van der Waals surface area contributed by atoms with Crippen LogP contribution in [0.25, 0.3) is 0 Å². The van der Waals surface area contributed by atoms with Crippen molar-refractivity contribution in [1.82, 2.24) is 0 Å². The molecule has 1 aliphatic carbocycles. The van der Waals surface area contributed by atoms with Crippen molar-refractivity contribution in [3.8, 4) is 5.75 Å². The lowest BCUT2D eigenvalue weighted by Crippen LogP contribution is -2.20. The van der Waals surface area contributed by atoms with Crippen molar-refractivity contribution in [2.24, 2.45) is 0 Å². The number of benzene rings is 2. The molecule has 0 fully saturated rings. The van der Waals surface area contributed by atoms with Crippen LogP contribution in [-0.4, -0.2) is 18.3 Å². The van der Waals surface area contributed by atoms with E-state index in [1.807, 2.05) is 50.2 Å². The lowest BCUT2D eigenvalue weighted by molar-refractivity contribution is -0.118. The van der Waals surface area contributed by atoms with Gasteiger partial charge in [-0.1, -0.05) is 31.2 Å². The van der Waals surface area contributed by atoms with Gasteiger partial charge in [0.2, 0.25) is 0 Å². The predicted molar refractivity (Wildman–Crippen MR) is 89.1 cm³/mol. The zero-order valence-electron chi connectivity index (χ0n) is 13.3. The van der Waals surface area contributed by atoms with Crippen molar-refractivity contribution in [3.63, 3.8) is 0 Å². The molecule has 0 radical (unpaired) electrons. The number of hydrogen-bond acceptors (Lipinski definition) is 3. The van der Waals surface area contributed by atoms with E-state index in [0.717, 1.165) is 16.8 Å². The van der Waals surface area contributed by atoms with Gasteiger partial charge in [-0.05, 0) is 42.2 Å². The van der Waals surface area contributed by atoms with Crippen LogP contribution in [0.5, 0.6) is 5.75 Å². The van der Waals surface area contributed by atoms with Crippen molar-refractivity contribution in [3.05, 3.63) is 59.2 Å². The fourth-order valence-electron chi connectivity index (χ4n) is 3.09. The molecule has 1 N–H and O–H groups in total. The molecule has 0 unspecified atom stereocenters. The lowest BCUT2D eigenvalue weighted by atomic mass is 9.97. The van der Waals surface area contributed by atoms with Crippen LogP contribution in [0.4, 0.5) is 5.69 Å². The first-order chi connectivity index (χ1) is 11.1. The molecule has 0 aromatic heterocycles. The Bertz CT molecular complexity index is 753. The van der Waals surface area contributed by atoms with E-state index < -0.39 is 0 Å². The van der Waals surface area contributed by atoms with Crippen molar-refractivity contribution in [2.75, 3.05) is 11.9 Å². The maximum atomic E-state index is 12.2. The van der Waals surface area contributed by atoms with Gasteiger partial charge in [0.25, 0.3) is 5.91 Å². The standard InChI is InChI=1S/C19H19NO3/c1-12-8-9-16(19-15(21)10-13(2)18(12)19)23-11-17(22)20-14-6-4-3-5-7-14/h3-9,13H,10-11H2,1-2H3,(H,20,22)/t13-/m1/s1. The van der Waals surface area contributed by atoms with Gasteiger partial charge in [-0.15, -0.1) is 0 Å². The van der Waals surface area contributed by atoms with Crippen LogP contribution in [0.3, 0.4) is 0 Å². The lowest BCUT2D eigenvalue weighted by Gasteiger charge is -2.13. The molecule has 23 heavy (non-hydrogen) atoms. The zero-order chi connectivity index (χ0) is 16.4. The van der Waals surface area contributed by atoms with E-state index in [4.69, 9.17) is 4.74 Å². The van der Waals surface area contributed by atoms with Gasteiger partial charge in [-0.2, -0.15) is 0 Å². The zero-order valence-corrected chi connectivity index (χ0v) is 13.3. The smallest absolute Gasteiger partial charge is 0.262 e. The third kappa shape index (κ3) is 3.11. The summed E-state index contributed by atoms with van der Waals surface area (Å²) in [5, 5.41) is 2.76. The first-order valence-corrected chi connectivity index (χ1v) is 7.70. The van der Waals surface area contributed by atoms with Crippen molar-refractivity contribution in [1.29, 1.82) is 0 Å². The number of Topliss-reactive ketones (excluding diaryl/α,β-unsaturated/α-hetero) is 1. The number of amides is 1. The molecule has 0 bridgehead atoms. The topological polar surface area (TPSA) is 55.4 Å². The Kier molecular flexibility index (Phi) is 4.15.